The van der Waals surface area contributed by atoms with Crippen LogP contribution in [0.2, 0.25) is 0 Å². The first kappa shape index (κ1) is 58.7. The van der Waals surface area contributed by atoms with E-state index in [1.54, 1.807) is 0 Å². The fourth-order valence-corrected chi connectivity index (χ4v) is 5.96. The maximum absolute atomic E-state index is 8.88. The van der Waals surface area contributed by atoms with E-state index < -0.39 is 54.9 Å². The molecule has 0 atom stereocenters. The van der Waals surface area contributed by atoms with Gasteiger partial charge in [-0.25, -0.2) is 27.4 Å². The number of phosphoric acid groups is 6. The molecule has 38 heteroatoms. The third-order valence-electron chi connectivity index (χ3n) is 3.31. The molecule has 0 bridgehead atoms. The van der Waals surface area contributed by atoms with Crippen LogP contribution >= 0.6 is 54.9 Å². The second-order valence-corrected chi connectivity index (χ2v) is 18.6. The molecule has 304 valence electrons. The molecule has 0 amide bonds. The molecule has 0 aliphatic rings. The molecule has 0 saturated heterocycles. The van der Waals surface area contributed by atoms with Crippen LogP contribution in [0, 0.1) is 0 Å². The summed E-state index contributed by atoms with van der Waals surface area (Å²) in [6.07, 6.45) is 0. The summed E-state index contributed by atoms with van der Waals surface area (Å²) in [6.45, 7) is 0. The monoisotopic (exact) mass is 886 g/mol. The summed E-state index contributed by atoms with van der Waals surface area (Å²) in [6, 6.07) is 5.81. The second kappa shape index (κ2) is 24.7. The molecular weight excluding hydrogens is 845 g/mol. The molecule has 31 nitrogen and oxygen atoms in total. The van der Waals surface area contributed by atoms with E-state index in [9.17, 15) is 0 Å². The number of hydrogen-bond acceptors (Lipinski definition) is 12. The molecule has 0 radical (unpaired) electrons. The Bertz CT molecular complexity index is 1280. The smallest absolute Gasteiger partial charge is 0.303 e. The van der Waals surface area contributed by atoms with Gasteiger partial charge in [0.05, 0.1) is 0 Å². The van der Waals surface area contributed by atoms with Crippen LogP contribution in [0.4, 0.5) is 0 Å². The first-order valence-corrected chi connectivity index (χ1v) is 22.2. The van der Waals surface area contributed by atoms with Crippen LogP contribution in [0.15, 0.2) is 18.2 Å². The largest absolute Gasteiger partial charge is 0.466 e. The van der Waals surface area contributed by atoms with Crippen molar-refractivity contribution in [1.82, 2.24) is 29.4 Å². The van der Waals surface area contributed by atoms with Gasteiger partial charge in [0.2, 0.25) is 0 Å². The molecule has 50 heavy (non-hydrogen) atoms. The summed E-state index contributed by atoms with van der Waals surface area (Å²) in [5.74, 6) is 0.749. The first-order valence-electron chi connectivity index (χ1n) is 11.1. The summed E-state index contributed by atoms with van der Waals surface area (Å²) in [7, 11) is -18.1. The summed E-state index contributed by atoms with van der Waals surface area (Å²) in [5.41, 5.74) is 1.64. The van der Waals surface area contributed by atoms with Gasteiger partial charge >= 0.3 is 166 Å². The summed E-state index contributed by atoms with van der Waals surface area (Å²) in [5, 5.41) is 10.8. The van der Waals surface area contributed by atoms with Crippen LogP contribution in [0.25, 0.3) is 11.0 Å². The van der Waals surface area contributed by atoms with E-state index >= 15 is 0 Å². The number of nitrogens with zero attached hydrogens (tertiary/aromatic N) is 5. The van der Waals surface area contributed by atoms with E-state index in [0.717, 1.165) is 16.8 Å². The zero-order valence-corrected chi connectivity index (χ0v) is 32.4. The fourth-order valence-electron chi connectivity index (χ4n) is 2.55. The number of aromatic amines is 1. The molecule has 2 aromatic rings. The van der Waals surface area contributed by atoms with E-state index in [-0.39, 0.29) is 0 Å². The van der Waals surface area contributed by atoms with Crippen molar-refractivity contribution >= 4 is 65.9 Å². The van der Waals surface area contributed by atoms with Gasteiger partial charge in [0.15, 0.2) is 0 Å². The van der Waals surface area contributed by atoms with Gasteiger partial charge in [-0.2, -0.15) is 0 Å². The molecule has 1 heterocycles. The molecule has 0 aliphatic carbocycles. The number of aromatic nitrogens is 3. The minimum Gasteiger partial charge on any atom is -0.303 e. The zero-order valence-electron chi connectivity index (χ0n) is 26.1. The molecule has 0 aliphatic heterocycles. The maximum Gasteiger partial charge on any atom is 0.466 e. The van der Waals surface area contributed by atoms with Crippen molar-refractivity contribution in [3.63, 3.8) is 0 Å². The Morgan fingerprint density at radius 1 is 0.520 bits per heavy atom. The Labute approximate surface area is 281 Å². The SMILES string of the molecule is CN(C)[PH](Oc1cccc2[nH]nnc12)(N(C)C)N(C)C.O=P(O)(O)O.O=P(O)(O)O.O=P(O)(O)O.O=P(O)(O)O.O=P(O)(O)O.O=P(O)(O)O. The topological polar surface area (TPSA) is 527 Å². The normalized spacial score (nSPS) is 12.5. The van der Waals surface area contributed by atoms with E-state index in [4.69, 9.17) is 120 Å². The third-order valence-corrected chi connectivity index (χ3v) is 7.30. The van der Waals surface area contributed by atoms with E-state index in [0.29, 0.717) is 0 Å². The number of rotatable bonds is 5. The van der Waals surface area contributed by atoms with Crippen molar-refractivity contribution in [2.24, 2.45) is 0 Å². The Hall–Kier alpha value is -0.610. The molecule has 19 N–H and O–H groups in total. The van der Waals surface area contributed by atoms with Crippen molar-refractivity contribution in [1.29, 1.82) is 0 Å². The first-order chi connectivity index (χ1) is 21.4. The summed E-state index contributed by atoms with van der Waals surface area (Å²) < 4.78 is 66.2. The minimum atomic E-state index is -4.64. The van der Waals surface area contributed by atoms with Crippen LogP contribution in [-0.4, -0.2) is 160 Å². The Morgan fingerprint density at radius 2 is 0.760 bits per heavy atom. The third kappa shape index (κ3) is 56.8. The quantitative estimate of drug-likeness (QED) is 0.127. The molecule has 2 rings (SSSR count). The molecule has 0 unspecified atom stereocenters. The van der Waals surface area contributed by atoms with Gasteiger partial charge < -0.3 is 88.1 Å². The van der Waals surface area contributed by atoms with Crippen LogP contribution in [0.3, 0.4) is 0 Å². The minimum absolute atomic E-state index is 0.749. The molecule has 1 aromatic heterocycles. The van der Waals surface area contributed by atoms with Gasteiger partial charge in [-0.05, 0) is 0 Å². The van der Waals surface area contributed by atoms with Crippen molar-refractivity contribution < 1.29 is 120 Å². The Balaban J connectivity index is -0.000000185. The van der Waals surface area contributed by atoms with Gasteiger partial charge in [0.1, 0.15) is 0 Å². The van der Waals surface area contributed by atoms with Crippen LogP contribution in [0.5, 0.6) is 5.75 Å². The Morgan fingerprint density at radius 3 is 0.980 bits per heavy atom. The number of hydrogen-bond donors (Lipinski definition) is 19. The molecule has 0 saturated carbocycles. The second-order valence-electron chi connectivity index (χ2n) is 8.40. The van der Waals surface area contributed by atoms with E-state index in [1.807, 2.05) is 60.5 Å². The van der Waals surface area contributed by atoms with E-state index in [2.05, 4.69) is 29.4 Å². The van der Waals surface area contributed by atoms with Crippen LogP contribution in [0.1, 0.15) is 0 Å². The van der Waals surface area contributed by atoms with Gasteiger partial charge in [0.25, 0.3) is 0 Å². The molecule has 1 aromatic carbocycles. The van der Waals surface area contributed by atoms with Crippen LogP contribution < -0.4 is 4.52 Å². The zero-order chi connectivity index (χ0) is 41.9. The van der Waals surface area contributed by atoms with E-state index in [1.165, 1.54) is 0 Å². The number of benzene rings is 1. The fraction of sp³-hybridized carbons (Fsp3) is 0.500. The van der Waals surface area contributed by atoms with Crippen molar-refractivity contribution in [3.8, 4) is 5.75 Å². The predicted molar refractivity (Wildman–Crippen MR) is 169 cm³/mol. The average molecular weight is 886 g/mol. The molecular formula is C12H41N6O25P7. The standard InChI is InChI=1S/C12H23N6OP.6H3O4P/c1-16(2)20(17(3)4,18(5)6)19-11-9-7-8-10-12(11)14-15-13-10;6*1-5(2,3)4/h7-9,20H,1-6H3,(H,13,14,15);6*(H3,1,2,3,4). The van der Waals surface area contributed by atoms with Gasteiger partial charge in [-0.15, -0.1) is 0 Å². The van der Waals surface area contributed by atoms with Gasteiger partial charge in [-0.1, -0.05) is 0 Å². The van der Waals surface area contributed by atoms with Crippen molar-refractivity contribution in [2.75, 3.05) is 42.3 Å². The molecule has 0 fully saturated rings. The average Bonchev–Trinajstić information content (AvgIpc) is 3.19. The summed E-state index contributed by atoms with van der Waals surface area (Å²) >= 11 is 0. The predicted octanol–water partition coefficient (Wildman–Crippen LogP) is -4.14. The summed E-state index contributed by atoms with van der Waals surface area (Å²) in [4.78, 5) is 129. The number of H-pyrrole nitrogens is 1. The van der Waals surface area contributed by atoms with Crippen molar-refractivity contribution in [3.05, 3.63) is 18.2 Å². The van der Waals surface area contributed by atoms with Crippen LogP contribution in [-0.2, 0) is 27.4 Å². The van der Waals surface area contributed by atoms with Gasteiger partial charge in [0, 0.05) is 0 Å². The Kier molecular flexibility index (Phi) is 28.9. The van der Waals surface area contributed by atoms with Gasteiger partial charge in [-0.3, -0.25) is 0 Å². The maximum atomic E-state index is 8.88. The number of nitrogens with one attached hydrogen (secondary N) is 1. The molecule has 0 spiro atoms. The van der Waals surface area contributed by atoms with Crippen molar-refractivity contribution in [2.45, 2.75) is 0 Å². The number of fused-ring (bicyclic) bond motifs is 1.